The van der Waals surface area contributed by atoms with E-state index in [0.717, 1.165) is 17.0 Å². The Balaban J connectivity index is 1.73. The molecule has 0 aliphatic rings. The number of hydrogen-bond donors (Lipinski definition) is 2. The lowest BCUT2D eigenvalue weighted by Gasteiger charge is -2.10. The molecular weight excluding hydrogens is 456 g/mol. The van der Waals surface area contributed by atoms with Gasteiger partial charge in [-0.2, -0.15) is 0 Å². The Bertz CT molecular complexity index is 1310. The second kappa shape index (κ2) is 9.02. The summed E-state index contributed by atoms with van der Waals surface area (Å²) in [6.07, 6.45) is 0. The van der Waals surface area contributed by atoms with Crippen molar-refractivity contribution < 1.29 is 27.5 Å². The van der Waals surface area contributed by atoms with Crippen LogP contribution < -0.4 is 10.5 Å². The number of thiazole rings is 1. The quantitative estimate of drug-likeness (QED) is 0.392. The van der Waals surface area contributed by atoms with E-state index in [-0.39, 0.29) is 21.6 Å². The van der Waals surface area contributed by atoms with E-state index in [1.807, 2.05) is 0 Å². The Kier molecular flexibility index (Phi) is 6.57. The summed E-state index contributed by atoms with van der Waals surface area (Å²) in [5, 5.41) is 9.28. The highest BCUT2D eigenvalue weighted by molar-refractivity contribution is 7.89. The number of ether oxygens (including phenoxy) is 1. The molecule has 0 aliphatic carbocycles. The first-order valence-electron chi connectivity index (χ1n) is 9.23. The van der Waals surface area contributed by atoms with Crippen molar-refractivity contribution in [1.82, 2.24) is 9.55 Å². The highest BCUT2D eigenvalue weighted by Crippen LogP contribution is 2.23. The van der Waals surface area contributed by atoms with Gasteiger partial charge in [0.2, 0.25) is 21.7 Å². The number of Topliss-reactive ketones (excluding diaryl/α,β-unsaturated/α-hetero) is 1. The third-order valence-electron chi connectivity index (χ3n) is 4.49. The molecule has 0 bridgehead atoms. The fourth-order valence-electron chi connectivity index (χ4n) is 3.09. The molecule has 0 unspecified atom stereocenters. The lowest BCUT2D eigenvalue weighted by atomic mass is 10.1. The van der Waals surface area contributed by atoms with Gasteiger partial charge in [-0.3, -0.25) is 9.59 Å². The van der Waals surface area contributed by atoms with E-state index >= 15 is 0 Å². The minimum absolute atomic E-state index is 0.00744. The molecule has 0 atom stereocenters. The first kappa shape index (κ1) is 23.3. The highest BCUT2D eigenvalue weighted by Gasteiger charge is 2.20. The van der Waals surface area contributed by atoms with E-state index in [9.17, 15) is 22.8 Å². The van der Waals surface area contributed by atoms with Crippen molar-refractivity contribution in [3.8, 4) is 5.69 Å². The second-order valence-electron chi connectivity index (χ2n) is 6.88. The number of carbonyl (C=O) groups is 3. The molecule has 12 heteroatoms. The molecule has 0 aliphatic heterocycles. The monoisotopic (exact) mass is 476 g/mol. The molecule has 3 N–H and O–H groups in total. The normalized spacial score (nSPS) is 11.2. The Morgan fingerprint density at radius 2 is 1.84 bits per heavy atom. The molecule has 32 heavy (non-hydrogen) atoms. The zero-order chi connectivity index (χ0) is 23.6. The number of amides is 1. The molecule has 2 heterocycles. The third-order valence-corrected chi connectivity index (χ3v) is 6.17. The van der Waals surface area contributed by atoms with Crippen molar-refractivity contribution in [3.05, 3.63) is 58.4 Å². The van der Waals surface area contributed by atoms with Gasteiger partial charge in [-0.1, -0.05) is 0 Å². The van der Waals surface area contributed by atoms with Crippen molar-refractivity contribution >= 4 is 44.2 Å². The fraction of sp³-hybridized carbons (Fsp3) is 0.200. The van der Waals surface area contributed by atoms with Crippen molar-refractivity contribution in [2.45, 2.75) is 25.7 Å². The van der Waals surface area contributed by atoms with Gasteiger partial charge in [0, 0.05) is 34.9 Å². The molecule has 0 saturated carbocycles. The number of sulfonamides is 1. The number of ketones is 1. The maximum Gasteiger partial charge on any atom is 0.358 e. The van der Waals surface area contributed by atoms with Crippen molar-refractivity contribution in [1.29, 1.82) is 0 Å². The van der Waals surface area contributed by atoms with E-state index in [1.54, 1.807) is 36.6 Å². The Morgan fingerprint density at radius 1 is 1.19 bits per heavy atom. The van der Waals surface area contributed by atoms with Crippen LogP contribution in [0.4, 0.5) is 5.13 Å². The number of anilines is 1. The number of hydrogen-bond acceptors (Lipinski definition) is 8. The summed E-state index contributed by atoms with van der Waals surface area (Å²) in [6.45, 7) is 4.36. The highest BCUT2D eigenvalue weighted by atomic mass is 32.2. The van der Waals surface area contributed by atoms with Crippen LogP contribution in [0.1, 0.15) is 39.2 Å². The van der Waals surface area contributed by atoms with E-state index in [1.165, 1.54) is 24.4 Å². The number of esters is 1. The average molecular weight is 477 g/mol. The third kappa shape index (κ3) is 5.10. The van der Waals surface area contributed by atoms with Crippen molar-refractivity contribution in [2.24, 2.45) is 5.14 Å². The SMILES string of the molecule is CC(=O)Nc1nc(C(=O)OCC(=O)c2cc(C)n(-c3ccc(S(N)(=O)=O)cc3)c2C)cs1. The first-order chi connectivity index (χ1) is 15.0. The summed E-state index contributed by atoms with van der Waals surface area (Å²) in [5.41, 5.74) is 2.35. The summed E-state index contributed by atoms with van der Waals surface area (Å²) in [4.78, 5) is 39.8. The van der Waals surface area contributed by atoms with Gasteiger partial charge in [0.1, 0.15) is 0 Å². The number of aryl methyl sites for hydroxylation is 1. The summed E-state index contributed by atoms with van der Waals surface area (Å²) < 4.78 is 29.8. The Hall–Kier alpha value is -3.35. The van der Waals surface area contributed by atoms with Gasteiger partial charge in [0.15, 0.2) is 17.4 Å². The maximum atomic E-state index is 12.7. The van der Waals surface area contributed by atoms with Crippen LogP contribution in [0.3, 0.4) is 0 Å². The number of benzene rings is 1. The van der Waals surface area contributed by atoms with E-state index in [0.29, 0.717) is 16.9 Å². The number of aromatic nitrogens is 2. The van der Waals surface area contributed by atoms with Crippen LogP contribution in [0.5, 0.6) is 0 Å². The molecule has 168 valence electrons. The molecule has 0 fully saturated rings. The van der Waals surface area contributed by atoms with Gasteiger partial charge < -0.3 is 14.6 Å². The summed E-state index contributed by atoms with van der Waals surface area (Å²) in [5.74, 6) is -1.50. The Morgan fingerprint density at radius 3 is 2.44 bits per heavy atom. The molecule has 0 spiro atoms. The number of carbonyl (C=O) groups excluding carboxylic acids is 3. The van der Waals surface area contributed by atoms with Gasteiger partial charge in [-0.25, -0.2) is 23.3 Å². The molecule has 10 nitrogen and oxygen atoms in total. The zero-order valence-electron chi connectivity index (χ0n) is 17.4. The van der Waals surface area contributed by atoms with E-state index < -0.39 is 28.4 Å². The van der Waals surface area contributed by atoms with Crippen LogP contribution in [0.25, 0.3) is 5.69 Å². The van der Waals surface area contributed by atoms with Gasteiger partial charge in [-0.15, -0.1) is 11.3 Å². The molecule has 0 saturated heterocycles. The van der Waals surface area contributed by atoms with Crippen LogP contribution >= 0.6 is 11.3 Å². The van der Waals surface area contributed by atoms with Gasteiger partial charge >= 0.3 is 5.97 Å². The van der Waals surface area contributed by atoms with Crippen molar-refractivity contribution in [2.75, 3.05) is 11.9 Å². The van der Waals surface area contributed by atoms with Gasteiger partial charge in [0.05, 0.1) is 4.90 Å². The number of nitrogens with one attached hydrogen (secondary N) is 1. The molecule has 3 aromatic rings. The maximum absolute atomic E-state index is 12.7. The van der Waals surface area contributed by atoms with Crippen molar-refractivity contribution in [3.63, 3.8) is 0 Å². The summed E-state index contributed by atoms with van der Waals surface area (Å²) in [6, 6.07) is 7.61. The first-order valence-corrected chi connectivity index (χ1v) is 11.7. The standard InChI is InChI=1S/C20H20N4O6S2/c1-11-8-16(12(2)24(11)14-4-6-15(7-5-14)32(21,28)29)18(26)9-30-19(27)17-10-31-20(23-17)22-13(3)25/h4-8,10H,9H2,1-3H3,(H2,21,28,29)(H,22,23,25). The zero-order valence-corrected chi connectivity index (χ0v) is 19.0. The fourth-order valence-corrected chi connectivity index (χ4v) is 4.33. The van der Waals surface area contributed by atoms with Crippen LogP contribution in [0.15, 0.2) is 40.6 Å². The number of primary sulfonamides is 1. The smallest absolute Gasteiger partial charge is 0.358 e. The predicted molar refractivity (Wildman–Crippen MR) is 118 cm³/mol. The number of nitrogens with zero attached hydrogens (tertiary/aromatic N) is 2. The summed E-state index contributed by atoms with van der Waals surface area (Å²) in [7, 11) is -3.81. The van der Waals surface area contributed by atoms with Crippen LogP contribution in [-0.4, -0.2) is 42.2 Å². The molecule has 3 rings (SSSR count). The van der Waals surface area contributed by atoms with Gasteiger partial charge in [-0.05, 0) is 44.2 Å². The Labute approximate surface area is 188 Å². The molecule has 1 aromatic carbocycles. The molecule has 2 aromatic heterocycles. The largest absolute Gasteiger partial charge is 0.453 e. The minimum Gasteiger partial charge on any atom is -0.453 e. The minimum atomic E-state index is -3.81. The lowest BCUT2D eigenvalue weighted by Crippen LogP contribution is -2.15. The topological polar surface area (TPSA) is 150 Å². The number of nitrogens with two attached hydrogens (primary N) is 1. The van der Waals surface area contributed by atoms with E-state index in [4.69, 9.17) is 9.88 Å². The number of rotatable bonds is 7. The molecular formula is C20H20N4O6S2. The summed E-state index contributed by atoms with van der Waals surface area (Å²) >= 11 is 1.07. The van der Waals surface area contributed by atoms with Crippen LogP contribution in [0.2, 0.25) is 0 Å². The lowest BCUT2D eigenvalue weighted by molar-refractivity contribution is -0.114. The van der Waals surface area contributed by atoms with E-state index in [2.05, 4.69) is 10.3 Å². The predicted octanol–water partition coefficient (Wildman–Crippen LogP) is 2.20. The van der Waals surface area contributed by atoms with Gasteiger partial charge in [0.25, 0.3) is 0 Å². The molecule has 0 radical (unpaired) electrons. The average Bonchev–Trinajstić information content (AvgIpc) is 3.29. The van der Waals surface area contributed by atoms with Crippen LogP contribution in [-0.2, 0) is 19.6 Å². The second-order valence-corrected chi connectivity index (χ2v) is 9.30. The van der Waals surface area contributed by atoms with Crippen LogP contribution in [0, 0.1) is 13.8 Å². The molecule has 1 amide bonds.